The number of rotatable bonds is 7. The minimum atomic E-state index is -1.17. The Hall–Kier alpha value is -3.98. The van der Waals surface area contributed by atoms with Crippen LogP contribution in [0.15, 0.2) is 71.6 Å². The molecule has 0 aromatic heterocycles. The highest BCUT2D eigenvalue weighted by molar-refractivity contribution is 8.00. The number of carbonyl (C=O) groups excluding carboxylic acids is 2. The Bertz CT molecular complexity index is 1210. The van der Waals surface area contributed by atoms with E-state index >= 15 is 0 Å². The van der Waals surface area contributed by atoms with Gasteiger partial charge in [-0.25, -0.2) is 4.79 Å². The van der Waals surface area contributed by atoms with Crippen LogP contribution in [0.3, 0.4) is 0 Å². The molecule has 0 atom stereocenters. The van der Waals surface area contributed by atoms with Gasteiger partial charge in [-0.1, -0.05) is 18.2 Å². The predicted molar refractivity (Wildman–Crippen MR) is 125 cm³/mol. The first-order chi connectivity index (χ1) is 16.0. The van der Waals surface area contributed by atoms with Crippen LogP contribution in [0.2, 0.25) is 0 Å². The van der Waals surface area contributed by atoms with Crippen LogP contribution in [-0.4, -0.2) is 41.9 Å². The number of carboxylic acid groups (broad SMARTS) is 1. The molecule has 3 N–H and O–H groups in total. The summed E-state index contributed by atoms with van der Waals surface area (Å²) < 4.78 is 11.0. The van der Waals surface area contributed by atoms with Gasteiger partial charge in [0.25, 0.3) is 5.91 Å². The van der Waals surface area contributed by atoms with E-state index in [-0.39, 0.29) is 22.8 Å². The Balaban J connectivity index is 1.35. The number of benzene rings is 3. The van der Waals surface area contributed by atoms with Crippen LogP contribution in [0.4, 0.5) is 11.4 Å². The van der Waals surface area contributed by atoms with E-state index in [9.17, 15) is 19.5 Å². The average Bonchev–Trinajstić information content (AvgIpc) is 2.83. The standard InChI is InChI=1S/C24H20N2O6S/c27-22(25-16-8-9-20-21(13-16)32-11-10-31-20)14-33-17-5-3-4-15(12-17)26-23(28)18-6-1-2-7-19(18)24(29)30/h1-9,12-13H,10-11,14H2,(H,25,27)(H,26,28)(H,29,30). The normalized spacial score (nSPS) is 12.0. The average molecular weight is 464 g/mol. The quantitative estimate of drug-likeness (QED) is 0.450. The van der Waals surface area contributed by atoms with Gasteiger partial charge >= 0.3 is 5.97 Å². The highest BCUT2D eigenvalue weighted by Gasteiger charge is 2.16. The maximum Gasteiger partial charge on any atom is 0.336 e. The summed E-state index contributed by atoms with van der Waals surface area (Å²) in [5.74, 6) is -0.478. The van der Waals surface area contributed by atoms with Crippen LogP contribution >= 0.6 is 11.8 Å². The third-order valence-corrected chi connectivity index (χ3v) is 5.68. The largest absolute Gasteiger partial charge is 0.486 e. The SMILES string of the molecule is O=C(CSc1cccc(NC(=O)c2ccccc2C(=O)O)c1)Nc1ccc2c(c1)OCCO2. The van der Waals surface area contributed by atoms with E-state index in [1.54, 1.807) is 48.5 Å². The number of aromatic carboxylic acids is 1. The summed E-state index contributed by atoms with van der Waals surface area (Å²) in [6.45, 7) is 0.968. The van der Waals surface area contributed by atoms with Gasteiger partial charge in [0, 0.05) is 22.3 Å². The van der Waals surface area contributed by atoms with E-state index in [1.165, 1.54) is 23.9 Å². The summed E-state index contributed by atoms with van der Waals surface area (Å²) in [5, 5.41) is 14.8. The fourth-order valence-corrected chi connectivity index (χ4v) is 3.95. The van der Waals surface area contributed by atoms with Crippen molar-refractivity contribution in [1.29, 1.82) is 0 Å². The minimum absolute atomic E-state index is 0.0712. The number of carbonyl (C=O) groups is 3. The van der Waals surface area contributed by atoms with Gasteiger partial charge in [-0.05, 0) is 42.5 Å². The van der Waals surface area contributed by atoms with Gasteiger partial charge in [-0.2, -0.15) is 0 Å². The maximum absolute atomic E-state index is 12.6. The molecule has 33 heavy (non-hydrogen) atoms. The van der Waals surface area contributed by atoms with E-state index in [0.29, 0.717) is 36.1 Å². The van der Waals surface area contributed by atoms with E-state index in [4.69, 9.17) is 9.47 Å². The Morgan fingerprint density at radius 2 is 1.55 bits per heavy atom. The molecule has 4 rings (SSSR count). The van der Waals surface area contributed by atoms with Crippen molar-refractivity contribution in [3.8, 4) is 11.5 Å². The number of nitrogens with one attached hydrogen (secondary N) is 2. The van der Waals surface area contributed by atoms with Crippen LogP contribution in [0, 0.1) is 0 Å². The number of fused-ring (bicyclic) bond motifs is 1. The zero-order valence-corrected chi connectivity index (χ0v) is 18.2. The Morgan fingerprint density at radius 1 is 0.818 bits per heavy atom. The lowest BCUT2D eigenvalue weighted by Crippen LogP contribution is -2.17. The van der Waals surface area contributed by atoms with Crippen molar-refractivity contribution < 1.29 is 29.0 Å². The van der Waals surface area contributed by atoms with Gasteiger partial charge in [0.05, 0.1) is 16.9 Å². The van der Waals surface area contributed by atoms with Crippen LogP contribution < -0.4 is 20.1 Å². The minimum Gasteiger partial charge on any atom is -0.486 e. The predicted octanol–water partition coefficient (Wildman–Crippen LogP) is 4.14. The number of hydrogen-bond acceptors (Lipinski definition) is 6. The fraction of sp³-hybridized carbons (Fsp3) is 0.125. The van der Waals surface area contributed by atoms with Gasteiger partial charge in [0.1, 0.15) is 13.2 Å². The van der Waals surface area contributed by atoms with Gasteiger partial charge in [-0.3, -0.25) is 9.59 Å². The molecular formula is C24H20N2O6S. The lowest BCUT2D eigenvalue weighted by atomic mass is 10.1. The molecule has 3 aromatic carbocycles. The van der Waals surface area contributed by atoms with Crippen molar-refractivity contribution in [3.05, 3.63) is 77.9 Å². The molecule has 9 heteroatoms. The van der Waals surface area contributed by atoms with Gasteiger partial charge in [-0.15, -0.1) is 11.8 Å². The molecule has 0 unspecified atom stereocenters. The fourth-order valence-electron chi connectivity index (χ4n) is 3.20. The summed E-state index contributed by atoms with van der Waals surface area (Å²) in [7, 11) is 0. The lowest BCUT2D eigenvalue weighted by molar-refractivity contribution is -0.113. The number of anilines is 2. The number of thioether (sulfide) groups is 1. The monoisotopic (exact) mass is 464 g/mol. The second-order valence-electron chi connectivity index (χ2n) is 7.03. The third-order valence-electron chi connectivity index (χ3n) is 4.69. The van der Waals surface area contributed by atoms with Crippen molar-refractivity contribution in [1.82, 2.24) is 0 Å². The number of ether oxygens (including phenoxy) is 2. The third kappa shape index (κ3) is 5.64. The Morgan fingerprint density at radius 3 is 2.33 bits per heavy atom. The van der Waals surface area contributed by atoms with Crippen LogP contribution in [-0.2, 0) is 4.79 Å². The first kappa shape index (κ1) is 22.2. The Kier molecular flexibility index (Phi) is 6.80. The molecule has 0 saturated heterocycles. The molecule has 168 valence electrons. The van der Waals surface area contributed by atoms with Crippen molar-refractivity contribution in [2.75, 3.05) is 29.6 Å². The van der Waals surface area contributed by atoms with Gasteiger partial charge in [0.15, 0.2) is 11.5 Å². The smallest absolute Gasteiger partial charge is 0.336 e. The molecule has 8 nitrogen and oxygen atoms in total. The van der Waals surface area contributed by atoms with Crippen molar-refractivity contribution in [2.45, 2.75) is 4.90 Å². The number of amides is 2. The molecule has 0 spiro atoms. The van der Waals surface area contributed by atoms with E-state index in [1.807, 2.05) is 6.07 Å². The molecule has 2 amide bonds. The molecule has 3 aromatic rings. The second kappa shape index (κ2) is 10.1. The summed E-state index contributed by atoms with van der Waals surface area (Å²) in [6.07, 6.45) is 0. The first-order valence-corrected chi connectivity index (χ1v) is 11.0. The van der Waals surface area contributed by atoms with Crippen LogP contribution in [0.25, 0.3) is 0 Å². The van der Waals surface area contributed by atoms with Crippen molar-refractivity contribution in [3.63, 3.8) is 0 Å². The topological polar surface area (TPSA) is 114 Å². The Labute approximate surface area is 193 Å². The summed E-state index contributed by atoms with van der Waals surface area (Å²) in [6, 6.07) is 18.2. The van der Waals surface area contributed by atoms with Crippen molar-refractivity contribution >= 4 is 40.9 Å². The molecular weight excluding hydrogens is 444 g/mol. The highest BCUT2D eigenvalue weighted by atomic mass is 32.2. The van der Waals surface area contributed by atoms with Crippen molar-refractivity contribution in [2.24, 2.45) is 0 Å². The lowest BCUT2D eigenvalue weighted by Gasteiger charge is -2.19. The molecule has 0 fully saturated rings. The molecule has 1 heterocycles. The van der Waals surface area contributed by atoms with Crippen LogP contribution in [0.1, 0.15) is 20.7 Å². The van der Waals surface area contributed by atoms with E-state index in [0.717, 1.165) is 4.90 Å². The zero-order valence-electron chi connectivity index (χ0n) is 17.4. The van der Waals surface area contributed by atoms with Crippen LogP contribution in [0.5, 0.6) is 11.5 Å². The molecule has 0 aliphatic carbocycles. The zero-order chi connectivity index (χ0) is 23.2. The maximum atomic E-state index is 12.6. The van der Waals surface area contributed by atoms with Gasteiger partial charge < -0.3 is 25.2 Å². The van der Waals surface area contributed by atoms with E-state index < -0.39 is 11.9 Å². The second-order valence-corrected chi connectivity index (χ2v) is 8.08. The molecule has 0 radical (unpaired) electrons. The summed E-state index contributed by atoms with van der Waals surface area (Å²) in [5.41, 5.74) is 1.11. The molecule has 0 saturated carbocycles. The number of hydrogen-bond donors (Lipinski definition) is 3. The van der Waals surface area contributed by atoms with Gasteiger partial charge in [0.2, 0.25) is 5.91 Å². The number of carboxylic acids is 1. The van der Waals surface area contributed by atoms with E-state index in [2.05, 4.69) is 10.6 Å². The molecule has 0 bridgehead atoms. The summed E-state index contributed by atoms with van der Waals surface area (Å²) >= 11 is 1.31. The molecule has 1 aliphatic rings. The molecule has 1 aliphatic heterocycles. The summed E-state index contributed by atoms with van der Waals surface area (Å²) in [4.78, 5) is 37.1. The first-order valence-electron chi connectivity index (χ1n) is 10.1. The highest BCUT2D eigenvalue weighted by Crippen LogP contribution is 2.32.